The Balaban J connectivity index is 1.70. The molecule has 1 amide bonds. The molecule has 3 heterocycles. The standard InChI is InChI=1S/C26H25N5O/c1-3-18(2)31-25(28-23-12-8-7-11-21(23)26(31)32)22-17-30(20-9-5-4-6-10-20)29-24(22)19-13-15-27-16-14-19/h4-18,25,28H,3H2,1-2H3/t18-,25-/m1/s1. The molecule has 1 aliphatic heterocycles. The zero-order valence-corrected chi connectivity index (χ0v) is 18.1. The molecule has 0 fully saturated rings. The summed E-state index contributed by atoms with van der Waals surface area (Å²) in [5, 5.41) is 8.56. The maximum Gasteiger partial charge on any atom is 0.258 e. The Morgan fingerprint density at radius 3 is 2.47 bits per heavy atom. The van der Waals surface area contributed by atoms with E-state index in [2.05, 4.69) is 24.1 Å². The van der Waals surface area contributed by atoms with Crippen molar-refractivity contribution < 1.29 is 4.79 Å². The average molecular weight is 424 g/mol. The average Bonchev–Trinajstić information content (AvgIpc) is 3.30. The number of fused-ring (bicyclic) bond motifs is 1. The number of rotatable bonds is 5. The molecule has 0 aliphatic carbocycles. The molecule has 2 atom stereocenters. The number of anilines is 1. The van der Waals surface area contributed by atoms with Crippen molar-refractivity contribution >= 4 is 11.6 Å². The zero-order valence-electron chi connectivity index (χ0n) is 18.1. The smallest absolute Gasteiger partial charge is 0.258 e. The second-order valence-electron chi connectivity index (χ2n) is 8.01. The summed E-state index contributed by atoms with van der Waals surface area (Å²) in [6.07, 6.45) is 6.07. The number of amides is 1. The van der Waals surface area contributed by atoms with E-state index in [1.165, 1.54) is 0 Å². The first kappa shape index (κ1) is 20.0. The molecule has 6 heteroatoms. The molecule has 0 saturated carbocycles. The van der Waals surface area contributed by atoms with E-state index in [-0.39, 0.29) is 18.1 Å². The molecule has 1 N–H and O–H groups in total. The third-order valence-corrected chi connectivity index (χ3v) is 6.04. The van der Waals surface area contributed by atoms with E-state index < -0.39 is 0 Å². The van der Waals surface area contributed by atoms with Gasteiger partial charge in [-0.3, -0.25) is 9.78 Å². The van der Waals surface area contributed by atoms with Gasteiger partial charge in [0.15, 0.2) is 0 Å². The molecule has 160 valence electrons. The van der Waals surface area contributed by atoms with Gasteiger partial charge < -0.3 is 10.2 Å². The molecule has 4 aromatic rings. The SMILES string of the molecule is CC[C@@H](C)N1C(=O)c2ccccc2N[C@H]1c1cn(-c2ccccc2)nc1-c1ccncc1. The molecular formula is C26H25N5O. The first-order valence-corrected chi connectivity index (χ1v) is 10.9. The van der Waals surface area contributed by atoms with Crippen LogP contribution < -0.4 is 5.32 Å². The highest BCUT2D eigenvalue weighted by Crippen LogP contribution is 2.38. The van der Waals surface area contributed by atoms with E-state index >= 15 is 0 Å². The van der Waals surface area contributed by atoms with E-state index in [9.17, 15) is 4.79 Å². The number of aromatic nitrogens is 3. The number of carbonyl (C=O) groups excluding carboxylic acids is 1. The summed E-state index contributed by atoms with van der Waals surface area (Å²) < 4.78 is 1.88. The number of carbonyl (C=O) groups is 1. The van der Waals surface area contributed by atoms with Crippen molar-refractivity contribution in [3.05, 3.63) is 96.4 Å². The van der Waals surface area contributed by atoms with Gasteiger partial charge in [0.1, 0.15) is 6.17 Å². The normalized spacial score (nSPS) is 16.4. The minimum atomic E-state index is -0.340. The molecule has 0 spiro atoms. The van der Waals surface area contributed by atoms with Crippen LogP contribution in [-0.2, 0) is 0 Å². The van der Waals surface area contributed by atoms with E-state index in [1.807, 2.05) is 82.5 Å². The second-order valence-corrected chi connectivity index (χ2v) is 8.01. The maximum absolute atomic E-state index is 13.6. The maximum atomic E-state index is 13.6. The van der Waals surface area contributed by atoms with Crippen LogP contribution in [0.25, 0.3) is 16.9 Å². The number of para-hydroxylation sites is 2. The summed E-state index contributed by atoms with van der Waals surface area (Å²) in [6.45, 7) is 4.20. The van der Waals surface area contributed by atoms with Gasteiger partial charge in [0, 0.05) is 41.4 Å². The minimum absolute atomic E-state index is 0.0341. The minimum Gasteiger partial charge on any atom is -0.361 e. The molecule has 0 saturated heterocycles. The monoisotopic (exact) mass is 423 g/mol. The quantitative estimate of drug-likeness (QED) is 0.473. The largest absolute Gasteiger partial charge is 0.361 e. The highest BCUT2D eigenvalue weighted by molar-refractivity contribution is 6.02. The summed E-state index contributed by atoms with van der Waals surface area (Å²) in [4.78, 5) is 19.7. The molecule has 5 rings (SSSR count). The molecular weight excluding hydrogens is 398 g/mol. The van der Waals surface area contributed by atoms with Crippen LogP contribution in [-0.4, -0.2) is 31.6 Å². The summed E-state index contributed by atoms with van der Waals surface area (Å²) in [6, 6.07) is 21.7. The Kier molecular flexibility index (Phi) is 5.19. The summed E-state index contributed by atoms with van der Waals surface area (Å²) >= 11 is 0. The molecule has 2 aromatic carbocycles. The molecule has 2 aromatic heterocycles. The van der Waals surface area contributed by atoms with Crippen LogP contribution in [0.15, 0.2) is 85.3 Å². The number of nitrogens with zero attached hydrogens (tertiary/aromatic N) is 4. The van der Waals surface area contributed by atoms with Gasteiger partial charge in [-0.25, -0.2) is 4.68 Å². The fourth-order valence-electron chi connectivity index (χ4n) is 4.18. The van der Waals surface area contributed by atoms with Crippen LogP contribution in [0.4, 0.5) is 5.69 Å². The summed E-state index contributed by atoms with van der Waals surface area (Å²) in [5.74, 6) is 0.0341. The third-order valence-electron chi connectivity index (χ3n) is 6.04. The van der Waals surface area contributed by atoms with Crippen LogP contribution in [0.2, 0.25) is 0 Å². The van der Waals surface area contributed by atoms with Crippen LogP contribution in [0.5, 0.6) is 0 Å². The fourth-order valence-corrected chi connectivity index (χ4v) is 4.18. The first-order valence-electron chi connectivity index (χ1n) is 10.9. The van der Waals surface area contributed by atoms with Crippen molar-refractivity contribution in [3.8, 4) is 16.9 Å². The van der Waals surface area contributed by atoms with Gasteiger partial charge in [-0.1, -0.05) is 37.3 Å². The van der Waals surface area contributed by atoms with Gasteiger partial charge in [-0.05, 0) is 49.7 Å². The number of hydrogen-bond acceptors (Lipinski definition) is 4. The van der Waals surface area contributed by atoms with Crippen LogP contribution in [0, 0.1) is 0 Å². The number of nitrogens with one attached hydrogen (secondary N) is 1. The predicted molar refractivity (Wildman–Crippen MR) is 126 cm³/mol. The van der Waals surface area contributed by atoms with Crippen molar-refractivity contribution in [2.24, 2.45) is 0 Å². The van der Waals surface area contributed by atoms with Crippen molar-refractivity contribution in [2.75, 3.05) is 5.32 Å². The van der Waals surface area contributed by atoms with E-state index in [1.54, 1.807) is 12.4 Å². The summed E-state index contributed by atoms with van der Waals surface area (Å²) in [5.41, 5.74) is 5.24. The Bertz CT molecular complexity index is 1240. The Morgan fingerprint density at radius 1 is 1.00 bits per heavy atom. The molecule has 6 nitrogen and oxygen atoms in total. The Hall–Kier alpha value is -3.93. The highest BCUT2D eigenvalue weighted by Gasteiger charge is 2.37. The molecule has 32 heavy (non-hydrogen) atoms. The third kappa shape index (κ3) is 3.43. The van der Waals surface area contributed by atoms with Crippen LogP contribution in [0.1, 0.15) is 42.4 Å². The van der Waals surface area contributed by atoms with Gasteiger partial charge in [-0.2, -0.15) is 5.10 Å². The Morgan fingerprint density at radius 2 is 1.72 bits per heavy atom. The molecule has 1 aliphatic rings. The summed E-state index contributed by atoms with van der Waals surface area (Å²) in [7, 11) is 0. The lowest BCUT2D eigenvalue weighted by molar-refractivity contribution is 0.0594. The van der Waals surface area contributed by atoms with Gasteiger partial charge in [0.25, 0.3) is 5.91 Å². The molecule has 0 bridgehead atoms. The number of hydrogen-bond donors (Lipinski definition) is 1. The van der Waals surface area contributed by atoms with Crippen molar-refractivity contribution in [1.82, 2.24) is 19.7 Å². The van der Waals surface area contributed by atoms with Crippen LogP contribution in [0.3, 0.4) is 0 Å². The van der Waals surface area contributed by atoms with E-state index in [0.717, 1.165) is 34.6 Å². The van der Waals surface area contributed by atoms with Crippen molar-refractivity contribution in [2.45, 2.75) is 32.5 Å². The van der Waals surface area contributed by atoms with Crippen molar-refractivity contribution in [3.63, 3.8) is 0 Å². The highest BCUT2D eigenvalue weighted by atomic mass is 16.2. The predicted octanol–water partition coefficient (Wildman–Crippen LogP) is 5.30. The number of pyridine rings is 1. The topological polar surface area (TPSA) is 63.1 Å². The molecule has 0 unspecified atom stereocenters. The molecule has 0 radical (unpaired) electrons. The number of benzene rings is 2. The van der Waals surface area contributed by atoms with Crippen molar-refractivity contribution in [1.29, 1.82) is 0 Å². The fraction of sp³-hybridized carbons (Fsp3) is 0.192. The lowest BCUT2D eigenvalue weighted by atomic mass is 9.99. The first-order chi connectivity index (χ1) is 15.7. The van der Waals surface area contributed by atoms with E-state index in [0.29, 0.717) is 5.56 Å². The second kappa shape index (κ2) is 8.30. The van der Waals surface area contributed by atoms with Gasteiger partial charge in [-0.15, -0.1) is 0 Å². The Labute approximate surface area is 187 Å². The van der Waals surface area contributed by atoms with Gasteiger partial charge in [0.2, 0.25) is 0 Å². The zero-order chi connectivity index (χ0) is 22.1. The lowest BCUT2D eigenvalue weighted by Crippen LogP contribution is -2.47. The van der Waals surface area contributed by atoms with Crippen LogP contribution >= 0.6 is 0 Å². The lowest BCUT2D eigenvalue weighted by Gasteiger charge is -2.41. The van der Waals surface area contributed by atoms with Gasteiger partial charge >= 0.3 is 0 Å². The van der Waals surface area contributed by atoms with Gasteiger partial charge in [0.05, 0.1) is 16.9 Å². The van der Waals surface area contributed by atoms with E-state index in [4.69, 9.17) is 5.10 Å².